The minimum atomic E-state index is -0.935. The van der Waals surface area contributed by atoms with E-state index < -0.39 is 11.6 Å². The summed E-state index contributed by atoms with van der Waals surface area (Å²) < 4.78 is 27.5. The average molecular weight is 239 g/mol. The summed E-state index contributed by atoms with van der Waals surface area (Å²) in [4.78, 5) is 0. The van der Waals surface area contributed by atoms with Crippen LogP contribution in [0.1, 0.15) is 12.6 Å². The first-order chi connectivity index (χ1) is 8.17. The quantitative estimate of drug-likeness (QED) is 0.887. The van der Waals surface area contributed by atoms with Gasteiger partial charge < -0.3 is 5.11 Å². The van der Waals surface area contributed by atoms with Crippen molar-refractivity contribution in [1.29, 1.82) is 0 Å². The van der Waals surface area contributed by atoms with Crippen LogP contribution in [0.4, 0.5) is 8.78 Å². The minimum Gasteiger partial charge on any atom is -0.390 e. The van der Waals surface area contributed by atoms with Crippen LogP contribution >= 0.6 is 0 Å². The van der Waals surface area contributed by atoms with Crippen LogP contribution in [0.3, 0.4) is 0 Å². The van der Waals surface area contributed by atoms with Crippen LogP contribution in [0, 0.1) is 11.6 Å². The van der Waals surface area contributed by atoms with Gasteiger partial charge in [0.05, 0.1) is 12.3 Å². The number of aliphatic hydroxyl groups excluding tert-OH is 1. The molecule has 4 nitrogen and oxygen atoms in total. The lowest BCUT2D eigenvalue weighted by Crippen LogP contribution is -2.01. The molecule has 0 spiro atoms. The highest BCUT2D eigenvalue weighted by Gasteiger charge is 2.15. The van der Waals surface area contributed by atoms with Crippen molar-refractivity contribution in [3.05, 3.63) is 35.5 Å². The first-order valence-electron chi connectivity index (χ1n) is 5.16. The van der Waals surface area contributed by atoms with Crippen molar-refractivity contribution < 1.29 is 13.9 Å². The molecule has 0 aliphatic rings. The third kappa shape index (κ3) is 2.03. The van der Waals surface area contributed by atoms with E-state index in [-0.39, 0.29) is 6.61 Å². The summed E-state index contributed by atoms with van der Waals surface area (Å²) in [5.41, 5.74) is 1.30. The van der Waals surface area contributed by atoms with Gasteiger partial charge in [0.1, 0.15) is 5.69 Å². The maximum Gasteiger partial charge on any atom is 0.159 e. The second-order valence-corrected chi connectivity index (χ2v) is 3.49. The number of aliphatic hydroxyl groups is 1. The van der Waals surface area contributed by atoms with Gasteiger partial charge in [-0.2, -0.15) is 0 Å². The number of hydrogen-bond donors (Lipinski definition) is 1. The predicted octanol–water partition coefficient (Wildman–Crippen LogP) is 1.74. The zero-order valence-corrected chi connectivity index (χ0v) is 9.19. The number of halogens is 2. The van der Waals surface area contributed by atoms with Gasteiger partial charge in [0.2, 0.25) is 0 Å². The van der Waals surface area contributed by atoms with E-state index >= 15 is 0 Å². The molecule has 1 heterocycles. The molecule has 0 atom stereocenters. The van der Waals surface area contributed by atoms with Crippen LogP contribution in [-0.4, -0.2) is 20.1 Å². The maximum atomic E-state index is 13.2. The van der Waals surface area contributed by atoms with Gasteiger partial charge in [-0.1, -0.05) is 5.21 Å². The molecule has 0 amide bonds. The van der Waals surface area contributed by atoms with E-state index in [1.54, 1.807) is 0 Å². The molecule has 1 N–H and O–H groups in total. The van der Waals surface area contributed by atoms with E-state index in [1.165, 1.54) is 10.7 Å². The molecule has 0 aliphatic heterocycles. The summed E-state index contributed by atoms with van der Waals surface area (Å²) in [6.07, 6.45) is 0. The van der Waals surface area contributed by atoms with Crippen LogP contribution in [0.5, 0.6) is 0 Å². The second-order valence-electron chi connectivity index (χ2n) is 3.49. The molecule has 1 aromatic heterocycles. The van der Waals surface area contributed by atoms with Gasteiger partial charge in [-0.15, -0.1) is 5.10 Å². The summed E-state index contributed by atoms with van der Waals surface area (Å²) in [5, 5.41) is 16.7. The number of rotatable bonds is 3. The number of hydrogen-bond acceptors (Lipinski definition) is 3. The van der Waals surface area contributed by atoms with Crippen molar-refractivity contribution in [2.24, 2.45) is 0 Å². The Morgan fingerprint density at radius 2 is 2.06 bits per heavy atom. The zero-order chi connectivity index (χ0) is 12.4. The Labute approximate surface area is 96.5 Å². The summed E-state index contributed by atoms with van der Waals surface area (Å²) in [6.45, 7) is 2.08. The summed E-state index contributed by atoms with van der Waals surface area (Å²) >= 11 is 0. The predicted molar refractivity (Wildman–Crippen MR) is 57.0 cm³/mol. The van der Waals surface area contributed by atoms with Crippen LogP contribution < -0.4 is 0 Å². The van der Waals surface area contributed by atoms with E-state index in [0.29, 0.717) is 23.5 Å². The molecular weight excluding hydrogens is 228 g/mol. The summed E-state index contributed by atoms with van der Waals surface area (Å²) in [7, 11) is 0. The lowest BCUT2D eigenvalue weighted by atomic mass is 10.1. The van der Waals surface area contributed by atoms with Crippen LogP contribution in [0.15, 0.2) is 18.2 Å². The molecule has 0 fully saturated rings. The Bertz CT molecular complexity index is 518. The van der Waals surface area contributed by atoms with Crippen molar-refractivity contribution >= 4 is 0 Å². The first-order valence-corrected chi connectivity index (χ1v) is 5.16. The lowest BCUT2D eigenvalue weighted by molar-refractivity contribution is 0.277. The fourth-order valence-electron chi connectivity index (χ4n) is 1.64. The van der Waals surface area contributed by atoms with Crippen LogP contribution in [0.2, 0.25) is 0 Å². The SMILES string of the molecule is CCn1nnc(CO)c1-c1ccc(F)c(F)c1. The third-order valence-electron chi connectivity index (χ3n) is 2.45. The van der Waals surface area contributed by atoms with Gasteiger partial charge in [0.15, 0.2) is 11.6 Å². The zero-order valence-electron chi connectivity index (χ0n) is 9.19. The highest BCUT2D eigenvalue weighted by molar-refractivity contribution is 5.61. The number of benzene rings is 1. The Hall–Kier alpha value is -1.82. The van der Waals surface area contributed by atoms with Gasteiger partial charge in [0.25, 0.3) is 0 Å². The molecule has 1 aromatic carbocycles. The van der Waals surface area contributed by atoms with Crippen molar-refractivity contribution in [3.8, 4) is 11.3 Å². The van der Waals surface area contributed by atoms with Crippen molar-refractivity contribution in [3.63, 3.8) is 0 Å². The van der Waals surface area contributed by atoms with Crippen molar-refractivity contribution in [1.82, 2.24) is 15.0 Å². The lowest BCUT2D eigenvalue weighted by Gasteiger charge is -2.05. The summed E-state index contributed by atoms with van der Waals surface area (Å²) in [6, 6.07) is 3.54. The molecule has 0 saturated heterocycles. The fourth-order valence-corrected chi connectivity index (χ4v) is 1.64. The van der Waals surface area contributed by atoms with Gasteiger partial charge in [-0.25, -0.2) is 13.5 Å². The number of aromatic nitrogens is 3. The molecule has 2 rings (SSSR count). The van der Waals surface area contributed by atoms with Crippen molar-refractivity contribution in [2.45, 2.75) is 20.1 Å². The average Bonchev–Trinajstić information content (AvgIpc) is 2.75. The Kier molecular flexibility index (Phi) is 3.14. The van der Waals surface area contributed by atoms with Gasteiger partial charge in [-0.3, -0.25) is 0 Å². The normalized spacial score (nSPS) is 10.8. The molecule has 0 bridgehead atoms. The maximum absolute atomic E-state index is 13.2. The fraction of sp³-hybridized carbons (Fsp3) is 0.273. The summed E-state index contributed by atoms with van der Waals surface area (Å²) in [5.74, 6) is -1.84. The van der Waals surface area contributed by atoms with E-state index in [9.17, 15) is 8.78 Å². The molecule has 0 aliphatic carbocycles. The Morgan fingerprint density at radius 1 is 1.29 bits per heavy atom. The molecule has 2 aromatic rings. The van der Waals surface area contributed by atoms with Gasteiger partial charge in [0, 0.05) is 12.1 Å². The Balaban J connectivity index is 2.58. The molecule has 0 saturated carbocycles. The molecule has 17 heavy (non-hydrogen) atoms. The van der Waals surface area contributed by atoms with Crippen molar-refractivity contribution in [2.75, 3.05) is 0 Å². The van der Waals surface area contributed by atoms with Crippen LogP contribution in [-0.2, 0) is 13.2 Å². The highest BCUT2D eigenvalue weighted by Crippen LogP contribution is 2.24. The van der Waals surface area contributed by atoms with Crippen LogP contribution in [0.25, 0.3) is 11.3 Å². The van der Waals surface area contributed by atoms with E-state index in [2.05, 4.69) is 10.3 Å². The second kappa shape index (κ2) is 4.58. The van der Waals surface area contributed by atoms with E-state index in [1.807, 2.05) is 6.92 Å². The third-order valence-corrected chi connectivity index (χ3v) is 2.45. The monoisotopic (exact) mass is 239 g/mol. The molecule has 0 radical (unpaired) electrons. The van der Waals surface area contributed by atoms with Gasteiger partial charge >= 0.3 is 0 Å². The standard InChI is InChI=1S/C11H11F2N3O/c1-2-16-11(10(6-17)14-15-16)7-3-4-8(12)9(13)5-7/h3-5,17H,2,6H2,1H3. The molecular formula is C11H11F2N3O. The topological polar surface area (TPSA) is 50.9 Å². The van der Waals surface area contributed by atoms with E-state index in [0.717, 1.165) is 12.1 Å². The highest BCUT2D eigenvalue weighted by atomic mass is 19.2. The largest absolute Gasteiger partial charge is 0.390 e. The number of aryl methyl sites for hydroxylation is 1. The van der Waals surface area contributed by atoms with Gasteiger partial charge in [-0.05, 0) is 25.1 Å². The number of nitrogens with zero attached hydrogens (tertiary/aromatic N) is 3. The molecule has 6 heteroatoms. The van der Waals surface area contributed by atoms with E-state index in [4.69, 9.17) is 5.11 Å². The smallest absolute Gasteiger partial charge is 0.159 e. The first kappa shape index (κ1) is 11.7. The Morgan fingerprint density at radius 3 is 2.65 bits per heavy atom. The molecule has 90 valence electrons. The minimum absolute atomic E-state index is 0.297. The molecule has 0 unspecified atom stereocenters.